The quantitative estimate of drug-likeness (QED) is 0.556. The molecule has 0 aliphatic carbocycles. The highest BCUT2D eigenvalue weighted by Gasteiger charge is 2.36. The first-order valence-corrected chi connectivity index (χ1v) is 10.2. The Hall–Kier alpha value is -2.32. The van der Waals surface area contributed by atoms with E-state index in [1.807, 2.05) is 12.1 Å². The highest BCUT2D eigenvalue weighted by molar-refractivity contribution is 8.18. The fraction of sp³-hybridized carbons (Fsp3) is 0.450. The van der Waals surface area contributed by atoms with Crippen molar-refractivity contribution in [2.75, 3.05) is 44.8 Å². The Morgan fingerprint density at radius 1 is 1.29 bits per heavy atom. The second-order valence-corrected chi connectivity index (χ2v) is 7.84. The first-order chi connectivity index (χ1) is 13.5. The molecular weight excluding hydrogens is 378 g/mol. The third kappa shape index (κ3) is 4.74. The van der Waals surface area contributed by atoms with Gasteiger partial charge in [0.1, 0.15) is 6.54 Å². The summed E-state index contributed by atoms with van der Waals surface area (Å²) in [4.78, 5) is 40.3. The molecule has 2 saturated heterocycles. The van der Waals surface area contributed by atoms with Gasteiger partial charge in [0, 0.05) is 32.4 Å². The van der Waals surface area contributed by atoms with Crippen LogP contribution in [0.4, 0.5) is 10.5 Å². The topological polar surface area (TPSA) is 79.0 Å². The maximum atomic E-state index is 12.5. The maximum Gasteiger partial charge on any atom is 0.294 e. The van der Waals surface area contributed by atoms with Crippen LogP contribution in [0.1, 0.15) is 24.0 Å². The third-order valence-corrected chi connectivity index (χ3v) is 5.68. The lowest BCUT2D eigenvalue weighted by Gasteiger charge is -2.20. The van der Waals surface area contributed by atoms with E-state index in [-0.39, 0.29) is 12.5 Å². The van der Waals surface area contributed by atoms with Gasteiger partial charge in [-0.3, -0.25) is 19.3 Å². The number of hydrogen-bond donors (Lipinski definition) is 1. The molecule has 0 aromatic heterocycles. The molecule has 2 heterocycles. The van der Waals surface area contributed by atoms with Crippen LogP contribution in [0, 0.1) is 6.92 Å². The minimum absolute atomic E-state index is 0.279. The molecule has 7 nitrogen and oxygen atoms in total. The fourth-order valence-corrected chi connectivity index (χ4v) is 4.20. The number of imide groups is 1. The summed E-state index contributed by atoms with van der Waals surface area (Å²) in [5.41, 5.74) is 3.23. The molecule has 1 aromatic rings. The number of anilines is 1. The lowest BCUT2D eigenvalue weighted by Crippen LogP contribution is -2.40. The molecule has 2 fully saturated rings. The van der Waals surface area contributed by atoms with E-state index in [4.69, 9.17) is 4.74 Å². The fourth-order valence-electron chi connectivity index (χ4n) is 3.36. The molecule has 2 aliphatic rings. The summed E-state index contributed by atoms with van der Waals surface area (Å²) in [6, 6.07) is 6.06. The first kappa shape index (κ1) is 20.4. The molecule has 0 saturated carbocycles. The molecule has 1 N–H and O–H groups in total. The molecule has 28 heavy (non-hydrogen) atoms. The molecule has 0 spiro atoms. The summed E-state index contributed by atoms with van der Waals surface area (Å²) in [6.45, 7) is 4.64. The van der Waals surface area contributed by atoms with Crippen LogP contribution in [-0.2, 0) is 14.3 Å². The first-order valence-electron chi connectivity index (χ1n) is 9.36. The van der Waals surface area contributed by atoms with Crippen LogP contribution in [0.3, 0.4) is 0 Å². The van der Waals surface area contributed by atoms with Crippen molar-refractivity contribution in [2.45, 2.75) is 19.8 Å². The second kappa shape index (κ2) is 9.25. The number of thioether (sulfide) groups is 1. The Balaban J connectivity index is 1.67. The van der Waals surface area contributed by atoms with Crippen molar-refractivity contribution in [1.29, 1.82) is 0 Å². The summed E-state index contributed by atoms with van der Waals surface area (Å²) in [5.74, 6) is -0.815. The SMILES string of the molecule is COCCNC(=O)CN1C(=O)S/C(=C\c2ccc(N3CCCC3)c(C)c2)C1=O. The molecule has 3 amide bonds. The summed E-state index contributed by atoms with van der Waals surface area (Å²) in [7, 11) is 1.53. The van der Waals surface area contributed by atoms with Crippen molar-refractivity contribution in [1.82, 2.24) is 10.2 Å². The summed E-state index contributed by atoms with van der Waals surface area (Å²) >= 11 is 0.866. The Bertz CT molecular complexity index is 803. The second-order valence-electron chi connectivity index (χ2n) is 6.85. The van der Waals surface area contributed by atoms with Crippen molar-refractivity contribution < 1.29 is 19.1 Å². The number of benzene rings is 1. The monoisotopic (exact) mass is 403 g/mol. The summed E-state index contributed by atoms with van der Waals surface area (Å²) in [5, 5.41) is 2.19. The highest BCUT2D eigenvalue weighted by Crippen LogP contribution is 2.33. The minimum atomic E-state index is -0.432. The molecule has 2 aliphatic heterocycles. The minimum Gasteiger partial charge on any atom is -0.383 e. The van der Waals surface area contributed by atoms with Gasteiger partial charge in [0.2, 0.25) is 5.91 Å². The molecule has 0 unspecified atom stereocenters. The normalized spacial score (nSPS) is 18.4. The number of carbonyl (C=O) groups is 3. The number of methoxy groups -OCH3 is 1. The van der Waals surface area contributed by atoms with Gasteiger partial charge < -0.3 is 15.0 Å². The maximum absolute atomic E-state index is 12.5. The average Bonchev–Trinajstić information content (AvgIpc) is 3.27. The van der Waals surface area contributed by atoms with E-state index in [1.54, 1.807) is 6.08 Å². The van der Waals surface area contributed by atoms with Crippen LogP contribution in [0.5, 0.6) is 0 Å². The van der Waals surface area contributed by atoms with Crippen LogP contribution >= 0.6 is 11.8 Å². The average molecular weight is 404 g/mol. The number of rotatable bonds is 7. The third-order valence-electron chi connectivity index (χ3n) is 4.77. The van der Waals surface area contributed by atoms with Crippen LogP contribution in [0.15, 0.2) is 23.1 Å². The smallest absolute Gasteiger partial charge is 0.294 e. The zero-order chi connectivity index (χ0) is 20.1. The van der Waals surface area contributed by atoms with Gasteiger partial charge in [0.05, 0.1) is 11.5 Å². The number of nitrogens with zero attached hydrogens (tertiary/aromatic N) is 2. The molecule has 1 aromatic carbocycles. The molecular formula is C20H25N3O4S. The van der Waals surface area contributed by atoms with Gasteiger partial charge in [0.15, 0.2) is 0 Å². The molecule has 0 radical (unpaired) electrons. The van der Waals surface area contributed by atoms with E-state index in [2.05, 4.69) is 23.2 Å². The number of ether oxygens (including phenoxy) is 1. The Morgan fingerprint density at radius 2 is 2.04 bits per heavy atom. The van der Waals surface area contributed by atoms with Gasteiger partial charge in [-0.15, -0.1) is 0 Å². The molecule has 150 valence electrons. The van der Waals surface area contributed by atoms with E-state index in [0.717, 1.165) is 40.9 Å². The summed E-state index contributed by atoms with van der Waals surface area (Å²) in [6.07, 6.45) is 4.15. The Kier molecular flexibility index (Phi) is 6.74. The van der Waals surface area contributed by atoms with Crippen LogP contribution in [-0.4, -0.2) is 61.8 Å². The van der Waals surface area contributed by atoms with E-state index in [9.17, 15) is 14.4 Å². The van der Waals surface area contributed by atoms with Gasteiger partial charge in [-0.1, -0.05) is 6.07 Å². The van der Waals surface area contributed by atoms with Crippen LogP contribution in [0.25, 0.3) is 6.08 Å². The number of carbonyl (C=O) groups excluding carboxylic acids is 3. The number of nitrogens with one attached hydrogen (secondary N) is 1. The zero-order valence-corrected chi connectivity index (χ0v) is 17.0. The van der Waals surface area contributed by atoms with E-state index in [1.165, 1.54) is 25.6 Å². The van der Waals surface area contributed by atoms with Gasteiger partial charge in [-0.05, 0) is 60.9 Å². The van der Waals surface area contributed by atoms with Crippen molar-refractivity contribution in [3.05, 3.63) is 34.2 Å². The van der Waals surface area contributed by atoms with Crippen LogP contribution < -0.4 is 10.2 Å². The van der Waals surface area contributed by atoms with Crippen LogP contribution in [0.2, 0.25) is 0 Å². The lowest BCUT2D eigenvalue weighted by atomic mass is 10.1. The van der Waals surface area contributed by atoms with Crippen molar-refractivity contribution >= 4 is 40.6 Å². The summed E-state index contributed by atoms with van der Waals surface area (Å²) < 4.78 is 4.86. The van der Waals surface area contributed by atoms with Gasteiger partial charge in [-0.25, -0.2) is 0 Å². The highest BCUT2D eigenvalue weighted by atomic mass is 32.2. The standard InChI is InChI=1S/C20H25N3O4S/c1-14-11-15(5-6-16(14)22-8-3-4-9-22)12-17-19(25)23(20(26)28-17)13-18(24)21-7-10-27-2/h5-6,11-12H,3-4,7-10,13H2,1-2H3,(H,21,24)/b17-12-. The van der Waals surface area contributed by atoms with Gasteiger partial charge >= 0.3 is 0 Å². The lowest BCUT2D eigenvalue weighted by molar-refractivity contribution is -0.129. The number of hydrogen-bond acceptors (Lipinski definition) is 6. The predicted octanol–water partition coefficient (Wildman–Crippen LogP) is 2.39. The Morgan fingerprint density at radius 3 is 2.71 bits per heavy atom. The largest absolute Gasteiger partial charge is 0.383 e. The van der Waals surface area contributed by atoms with E-state index >= 15 is 0 Å². The molecule has 0 bridgehead atoms. The molecule has 0 atom stereocenters. The Labute approximate surface area is 169 Å². The van der Waals surface area contributed by atoms with Gasteiger partial charge in [-0.2, -0.15) is 0 Å². The predicted molar refractivity (Wildman–Crippen MR) is 110 cm³/mol. The van der Waals surface area contributed by atoms with Gasteiger partial charge in [0.25, 0.3) is 11.1 Å². The number of amides is 3. The number of aryl methyl sites for hydroxylation is 1. The van der Waals surface area contributed by atoms with Crippen molar-refractivity contribution in [3.63, 3.8) is 0 Å². The molecule has 8 heteroatoms. The van der Waals surface area contributed by atoms with E-state index < -0.39 is 11.1 Å². The van der Waals surface area contributed by atoms with E-state index in [0.29, 0.717) is 18.1 Å². The van der Waals surface area contributed by atoms with Crippen molar-refractivity contribution in [2.24, 2.45) is 0 Å². The zero-order valence-electron chi connectivity index (χ0n) is 16.2. The van der Waals surface area contributed by atoms with Crippen molar-refractivity contribution in [3.8, 4) is 0 Å². The molecule has 3 rings (SSSR count).